The Morgan fingerprint density at radius 2 is 1.84 bits per heavy atom. The maximum Gasteiger partial charge on any atom is 0.241 e. The van der Waals surface area contributed by atoms with E-state index in [1.807, 2.05) is 44.9 Å². The van der Waals surface area contributed by atoms with Gasteiger partial charge in [-0.1, -0.05) is 35.9 Å². The van der Waals surface area contributed by atoms with Crippen molar-refractivity contribution in [3.05, 3.63) is 58.1 Å². The largest absolute Gasteiger partial charge is 0.496 e. The van der Waals surface area contributed by atoms with Gasteiger partial charge in [0.25, 0.3) is 0 Å². The van der Waals surface area contributed by atoms with E-state index in [4.69, 9.17) is 16.3 Å². The minimum Gasteiger partial charge on any atom is -0.496 e. The highest BCUT2D eigenvalue weighted by Gasteiger charge is 2.19. The lowest BCUT2D eigenvalue weighted by Crippen LogP contribution is -2.39. The summed E-state index contributed by atoms with van der Waals surface area (Å²) in [6.07, 6.45) is 0. The van der Waals surface area contributed by atoms with Crippen molar-refractivity contribution in [2.24, 2.45) is 0 Å². The van der Waals surface area contributed by atoms with Crippen molar-refractivity contribution >= 4 is 23.2 Å². The molecule has 0 heterocycles. The highest BCUT2D eigenvalue weighted by Crippen LogP contribution is 2.25. The first-order valence-corrected chi connectivity index (χ1v) is 8.61. The van der Waals surface area contributed by atoms with Crippen LogP contribution in [0.15, 0.2) is 36.4 Å². The van der Waals surface area contributed by atoms with Crippen molar-refractivity contribution in [1.29, 1.82) is 0 Å². The number of aryl methyl sites for hydroxylation is 2. The molecule has 0 aliphatic heterocycles. The third-order valence-electron chi connectivity index (χ3n) is 4.33. The molecule has 1 atom stereocenters. The number of halogens is 1. The highest BCUT2D eigenvalue weighted by atomic mass is 35.5. The first-order valence-electron chi connectivity index (χ1n) is 8.23. The third-order valence-corrected chi connectivity index (χ3v) is 4.66. The summed E-state index contributed by atoms with van der Waals surface area (Å²) in [7, 11) is 3.62. The Kier molecular flexibility index (Phi) is 6.45. The summed E-state index contributed by atoms with van der Waals surface area (Å²) in [4.78, 5) is 14.5. The SMILES string of the molecule is COc1c(C)cc(CN(C)C(C)C(=O)Nc2ccccc2Cl)cc1C. The van der Waals surface area contributed by atoms with E-state index in [0.717, 1.165) is 22.4 Å². The molecule has 0 fully saturated rings. The van der Waals surface area contributed by atoms with Gasteiger partial charge in [0.1, 0.15) is 5.75 Å². The number of hydrogen-bond acceptors (Lipinski definition) is 3. The first-order chi connectivity index (χ1) is 11.8. The van der Waals surface area contributed by atoms with E-state index in [-0.39, 0.29) is 11.9 Å². The molecule has 0 radical (unpaired) electrons. The topological polar surface area (TPSA) is 41.6 Å². The normalized spacial score (nSPS) is 12.1. The minimum absolute atomic E-state index is 0.0856. The van der Waals surface area contributed by atoms with Gasteiger partial charge in [0.2, 0.25) is 5.91 Å². The van der Waals surface area contributed by atoms with Crippen molar-refractivity contribution in [1.82, 2.24) is 4.90 Å². The van der Waals surface area contributed by atoms with E-state index in [1.165, 1.54) is 0 Å². The predicted molar refractivity (Wildman–Crippen MR) is 103 cm³/mol. The second-order valence-corrected chi connectivity index (χ2v) is 6.73. The molecule has 0 bridgehead atoms. The van der Waals surface area contributed by atoms with Crippen molar-refractivity contribution in [3.63, 3.8) is 0 Å². The summed E-state index contributed by atoms with van der Waals surface area (Å²) in [6.45, 7) is 6.62. The Bertz CT molecular complexity index is 738. The van der Waals surface area contributed by atoms with E-state index in [1.54, 1.807) is 19.2 Å². The number of hydrogen-bond donors (Lipinski definition) is 1. The predicted octanol–water partition coefficient (Wildman–Crippen LogP) is 4.42. The molecule has 0 aromatic heterocycles. The van der Waals surface area contributed by atoms with E-state index < -0.39 is 0 Å². The van der Waals surface area contributed by atoms with Crippen LogP contribution in [0.3, 0.4) is 0 Å². The van der Waals surface area contributed by atoms with Crippen molar-refractivity contribution in [3.8, 4) is 5.75 Å². The molecule has 134 valence electrons. The number of carbonyl (C=O) groups excluding carboxylic acids is 1. The monoisotopic (exact) mass is 360 g/mol. The smallest absolute Gasteiger partial charge is 0.241 e. The molecule has 4 nitrogen and oxygen atoms in total. The van der Waals surface area contributed by atoms with Crippen LogP contribution in [0.5, 0.6) is 5.75 Å². The van der Waals surface area contributed by atoms with Crippen molar-refractivity contribution < 1.29 is 9.53 Å². The summed E-state index contributed by atoms with van der Waals surface area (Å²) >= 11 is 6.11. The molecule has 1 N–H and O–H groups in total. The van der Waals surface area contributed by atoms with E-state index >= 15 is 0 Å². The first kappa shape index (κ1) is 19.3. The number of nitrogens with zero attached hydrogens (tertiary/aromatic N) is 1. The third kappa shape index (κ3) is 4.74. The summed E-state index contributed by atoms with van der Waals surface area (Å²) in [5.41, 5.74) is 3.97. The second kappa shape index (κ2) is 8.37. The Morgan fingerprint density at radius 1 is 1.24 bits per heavy atom. The van der Waals surface area contributed by atoms with Gasteiger partial charge in [0.05, 0.1) is 23.9 Å². The van der Waals surface area contributed by atoms with Crippen LogP contribution < -0.4 is 10.1 Å². The summed E-state index contributed by atoms with van der Waals surface area (Å²) in [6, 6.07) is 11.1. The lowest BCUT2D eigenvalue weighted by atomic mass is 10.0. The van der Waals surface area contributed by atoms with E-state index in [9.17, 15) is 4.79 Å². The molecule has 0 spiro atoms. The van der Waals surface area contributed by atoms with Crippen molar-refractivity contribution in [2.45, 2.75) is 33.4 Å². The fraction of sp³-hybridized carbons (Fsp3) is 0.350. The van der Waals surface area contributed by atoms with Gasteiger partial charge in [0.15, 0.2) is 0 Å². The standard InChI is InChI=1S/C20H25ClN2O2/c1-13-10-16(11-14(2)19(13)25-5)12-23(4)15(3)20(24)22-18-9-7-6-8-17(18)21/h6-11,15H,12H2,1-5H3,(H,22,24). The van der Waals surface area contributed by atoms with Crippen LogP contribution in [-0.4, -0.2) is 31.0 Å². The number of methoxy groups -OCH3 is 1. The molecule has 0 saturated carbocycles. The number of rotatable bonds is 6. The lowest BCUT2D eigenvalue weighted by Gasteiger charge is -2.25. The molecular formula is C20H25ClN2O2. The maximum atomic E-state index is 12.5. The lowest BCUT2D eigenvalue weighted by molar-refractivity contribution is -0.120. The zero-order valence-electron chi connectivity index (χ0n) is 15.4. The molecule has 0 aliphatic carbocycles. The molecule has 0 aliphatic rings. The minimum atomic E-state index is -0.293. The van der Waals surface area contributed by atoms with Crippen LogP contribution in [0, 0.1) is 13.8 Å². The number of amides is 1. The van der Waals surface area contributed by atoms with Crippen molar-refractivity contribution in [2.75, 3.05) is 19.5 Å². The van der Waals surface area contributed by atoms with Gasteiger partial charge in [-0.25, -0.2) is 0 Å². The molecular weight excluding hydrogens is 336 g/mol. The van der Waals surface area contributed by atoms with Gasteiger partial charge in [-0.3, -0.25) is 9.69 Å². The average molecular weight is 361 g/mol. The Morgan fingerprint density at radius 3 is 2.40 bits per heavy atom. The van der Waals surface area contributed by atoms with E-state index in [2.05, 4.69) is 17.4 Å². The number of carbonyl (C=O) groups is 1. The molecule has 1 unspecified atom stereocenters. The summed E-state index contributed by atoms with van der Waals surface area (Å²) in [5, 5.41) is 3.42. The molecule has 25 heavy (non-hydrogen) atoms. The Balaban J connectivity index is 2.06. The number of benzene rings is 2. The van der Waals surface area contributed by atoms with Crippen LogP contribution in [0.2, 0.25) is 5.02 Å². The van der Waals surface area contributed by atoms with Gasteiger partial charge >= 0.3 is 0 Å². The molecule has 2 aromatic rings. The van der Waals surface area contributed by atoms with Gasteiger partial charge in [-0.2, -0.15) is 0 Å². The highest BCUT2D eigenvalue weighted by molar-refractivity contribution is 6.33. The second-order valence-electron chi connectivity index (χ2n) is 6.32. The van der Waals surface area contributed by atoms with Gasteiger partial charge in [-0.05, 0) is 56.6 Å². The zero-order chi connectivity index (χ0) is 18.6. The maximum absolute atomic E-state index is 12.5. The number of nitrogens with one attached hydrogen (secondary N) is 1. The number of likely N-dealkylation sites (N-methyl/N-ethyl adjacent to an activating group) is 1. The molecule has 5 heteroatoms. The zero-order valence-corrected chi connectivity index (χ0v) is 16.1. The van der Waals surface area contributed by atoms with Crippen LogP contribution in [0.4, 0.5) is 5.69 Å². The molecule has 0 saturated heterocycles. The van der Waals surface area contributed by atoms with Crippen LogP contribution in [0.25, 0.3) is 0 Å². The number of ether oxygens (including phenoxy) is 1. The Hall–Kier alpha value is -2.04. The van der Waals surface area contributed by atoms with Crippen LogP contribution in [0.1, 0.15) is 23.6 Å². The summed E-state index contributed by atoms with van der Waals surface area (Å²) in [5.74, 6) is 0.827. The molecule has 2 rings (SSSR count). The number of para-hydroxylation sites is 1. The summed E-state index contributed by atoms with van der Waals surface area (Å²) < 4.78 is 5.41. The molecule has 2 aromatic carbocycles. The van der Waals surface area contributed by atoms with Gasteiger partial charge < -0.3 is 10.1 Å². The average Bonchev–Trinajstić information content (AvgIpc) is 2.56. The number of anilines is 1. The quantitative estimate of drug-likeness (QED) is 0.828. The van der Waals surface area contributed by atoms with Crippen LogP contribution >= 0.6 is 11.6 Å². The Labute approximate surface area is 154 Å². The molecule has 1 amide bonds. The fourth-order valence-corrected chi connectivity index (χ4v) is 3.06. The fourth-order valence-electron chi connectivity index (χ4n) is 2.88. The van der Waals surface area contributed by atoms with Crippen LogP contribution in [-0.2, 0) is 11.3 Å². The van der Waals surface area contributed by atoms with Gasteiger partial charge in [-0.15, -0.1) is 0 Å². The van der Waals surface area contributed by atoms with E-state index in [0.29, 0.717) is 17.3 Å². The van der Waals surface area contributed by atoms with Gasteiger partial charge in [0, 0.05) is 6.54 Å².